The molecular weight excluding hydrogens is 625 g/mol. The van der Waals surface area contributed by atoms with E-state index in [1.165, 1.54) is 0 Å². The second kappa shape index (κ2) is 12.6. The molecule has 2 aliphatic rings. The zero-order valence-corrected chi connectivity index (χ0v) is 25.8. The van der Waals surface area contributed by atoms with Gasteiger partial charge in [-0.05, 0) is 0 Å². The Kier molecular flexibility index (Phi) is 8.52. The second-order valence-electron chi connectivity index (χ2n) is 9.95. The van der Waals surface area contributed by atoms with E-state index in [1.54, 1.807) is 0 Å². The minimum atomic E-state index is -4.64. The third kappa shape index (κ3) is 6.78. The van der Waals surface area contributed by atoms with Crippen molar-refractivity contribution in [3.8, 4) is 0 Å². The number of hydrogen-bond acceptors (Lipinski definition) is 5. The van der Waals surface area contributed by atoms with Crippen LogP contribution in [0.4, 0.5) is 0 Å². The van der Waals surface area contributed by atoms with E-state index in [9.17, 15) is 14.0 Å². The molecule has 0 saturated carbocycles. The molecule has 6 rings (SSSR count). The van der Waals surface area contributed by atoms with Gasteiger partial charge in [-0.3, -0.25) is 0 Å². The van der Waals surface area contributed by atoms with E-state index in [0.29, 0.717) is 8.89 Å². The summed E-state index contributed by atoms with van der Waals surface area (Å²) in [4.78, 5) is 2.19. The standard InChI is InChI=1S/C36H28ClNO4Se/c1-38-33(29-14-6-2-7-15-29)23-27(24-34(38)30-16-8-3-9-17-30)22-28-25-35(31-18-10-4-11-19-31)43(42-37(39,40)41)36(26-28)32-20-12-5-13-21-32/h2-26H,1H3. The fraction of sp³-hybridized carbons (Fsp3) is 0.0278. The number of rotatable bonds is 7. The maximum absolute atomic E-state index is 12.0. The zero-order valence-electron chi connectivity index (χ0n) is 23.3. The van der Waals surface area contributed by atoms with Crippen LogP contribution < -0.4 is 14.0 Å². The summed E-state index contributed by atoms with van der Waals surface area (Å²) in [5, 5.41) is 0. The van der Waals surface area contributed by atoms with Gasteiger partial charge in [-0.2, -0.15) is 0 Å². The predicted octanol–water partition coefficient (Wildman–Crippen LogP) is 4.21. The number of hydrogen-bond donors (Lipinski definition) is 0. The van der Waals surface area contributed by atoms with Gasteiger partial charge in [0.05, 0.1) is 0 Å². The maximum atomic E-state index is 12.0. The van der Waals surface area contributed by atoms with Crippen molar-refractivity contribution in [3.05, 3.63) is 185 Å². The van der Waals surface area contributed by atoms with E-state index in [4.69, 9.17) is 3.37 Å². The van der Waals surface area contributed by atoms with E-state index in [-0.39, 0.29) is 0 Å². The van der Waals surface area contributed by atoms with Crippen molar-refractivity contribution in [1.82, 2.24) is 4.90 Å². The van der Waals surface area contributed by atoms with Gasteiger partial charge < -0.3 is 0 Å². The van der Waals surface area contributed by atoms with Gasteiger partial charge >= 0.3 is 259 Å². The van der Waals surface area contributed by atoms with Crippen LogP contribution in [0.5, 0.6) is 0 Å². The van der Waals surface area contributed by atoms with Gasteiger partial charge in [0.15, 0.2) is 0 Å². The topological polar surface area (TPSA) is 81.7 Å². The molecule has 214 valence electrons. The Morgan fingerprint density at radius 2 is 1.02 bits per heavy atom. The van der Waals surface area contributed by atoms with E-state index >= 15 is 0 Å². The molecule has 0 aliphatic carbocycles. The fourth-order valence-electron chi connectivity index (χ4n) is 5.11. The molecule has 0 N–H and O–H groups in total. The van der Waals surface area contributed by atoms with Crippen molar-refractivity contribution in [3.63, 3.8) is 0 Å². The Labute approximate surface area is 257 Å². The SMILES string of the molecule is CN1C(c2ccccc2)=CC(=CC2=CC(c3ccccc3)=[Se](O[Cl+3]([O-])([O-])[O-])C(c3ccccc3)=C2)C=C1c1ccccc1. The van der Waals surface area contributed by atoms with Crippen molar-refractivity contribution < 1.29 is 27.6 Å². The van der Waals surface area contributed by atoms with Gasteiger partial charge in [0.2, 0.25) is 0 Å². The molecule has 1 atom stereocenters. The molecule has 0 amide bonds. The van der Waals surface area contributed by atoms with Crippen molar-refractivity contribution in [2.24, 2.45) is 0 Å². The molecule has 1 unspecified atom stereocenters. The van der Waals surface area contributed by atoms with Gasteiger partial charge in [0.1, 0.15) is 0 Å². The molecule has 0 aromatic heterocycles. The van der Waals surface area contributed by atoms with Crippen LogP contribution in [0.1, 0.15) is 22.3 Å². The van der Waals surface area contributed by atoms with Gasteiger partial charge in [0, 0.05) is 0 Å². The number of nitrogens with zero attached hydrogens (tertiary/aromatic N) is 1. The molecule has 5 nitrogen and oxygen atoms in total. The second-order valence-corrected chi connectivity index (χ2v) is 14.6. The zero-order chi connectivity index (χ0) is 29.8. The van der Waals surface area contributed by atoms with Gasteiger partial charge in [-0.1, -0.05) is 0 Å². The summed E-state index contributed by atoms with van der Waals surface area (Å²) in [6, 6.07) is 39.5. The summed E-state index contributed by atoms with van der Waals surface area (Å²) < 4.78 is 42.6. The van der Waals surface area contributed by atoms with Crippen LogP contribution >= 0.6 is 0 Å². The van der Waals surface area contributed by atoms with E-state index in [2.05, 4.69) is 54.4 Å². The van der Waals surface area contributed by atoms with Crippen LogP contribution in [-0.4, -0.2) is 30.2 Å². The molecular formula is C36H28ClNO4Se. The Hall–Kier alpha value is -4.10. The third-order valence-corrected chi connectivity index (χ3v) is 12.3. The minimum absolute atomic E-state index is 0.702. The van der Waals surface area contributed by atoms with E-state index in [0.717, 1.165) is 44.8 Å². The first-order valence-electron chi connectivity index (χ1n) is 13.6. The molecule has 2 heterocycles. The molecule has 43 heavy (non-hydrogen) atoms. The molecule has 0 spiro atoms. The quantitative estimate of drug-likeness (QED) is 0.280. The van der Waals surface area contributed by atoms with Crippen LogP contribution in [0.2, 0.25) is 0 Å². The molecule has 0 fully saturated rings. The molecule has 4 aromatic carbocycles. The Balaban J connectivity index is 1.56. The molecule has 0 bridgehead atoms. The number of allylic oxidation sites excluding steroid dienone is 7. The summed E-state index contributed by atoms with van der Waals surface area (Å²) in [6.45, 7) is 0. The molecule has 0 saturated heterocycles. The summed E-state index contributed by atoms with van der Waals surface area (Å²) in [7, 11) is -2.58. The van der Waals surface area contributed by atoms with E-state index in [1.807, 2.05) is 109 Å². The normalized spacial score (nSPS) is 17.1. The van der Waals surface area contributed by atoms with Gasteiger partial charge in [-0.15, -0.1) is 0 Å². The Bertz CT molecular complexity index is 1750. The average molecular weight is 653 g/mol. The van der Waals surface area contributed by atoms with Crippen LogP contribution in [0.15, 0.2) is 163 Å². The van der Waals surface area contributed by atoms with Crippen molar-refractivity contribution >= 4 is 34.1 Å². The van der Waals surface area contributed by atoms with Crippen molar-refractivity contribution in [1.29, 1.82) is 0 Å². The van der Waals surface area contributed by atoms with Crippen LogP contribution in [-0.2, 0) is 3.37 Å². The monoisotopic (exact) mass is 653 g/mol. The Morgan fingerprint density at radius 1 is 0.581 bits per heavy atom. The Morgan fingerprint density at radius 3 is 1.49 bits per heavy atom. The van der Waals surface area contributed by atoms with Gasteiger partial charge in [-0.25, -0.2) is 0 Å². The summed E-state index contributed by atoms with van der Waals surface area (Å²) in [5.74, 6) is 0. The molecule has 4 aromatic rings. The predicted molar refractivity (Wildman–Crippen MR) is 165 cm³/mol. The first-order chi connectivity index (χ1) is 20.9. The fourth-order valence-corrected chi connectivity index (χ4v) is 10.2. The molecule has 0 radical (unpaired) electrons. The first-order valence-corrected chi connectivity index (χ1v) is 17.3. The van der Waals surface area contributed by atoms with Crippen molar-refractivity contribution in [2.75, 3.05) is 7.05 Å². The molecule has 2 aliphatic heterocycles. The van der Waals surface area contributed by atoms with E-state index < -0.39 is 24.0 Å². The number of halogens is 1. The summed E-state index contributed by atoms with van der Waals surface area (Å²) >= 11 is -2.76. The average Bonchev–Trinajstić information content (AvgIpc) is 3.03. The van der Waals surface area contributed by atoms with Crippen LogP contribution in [0, 0.1) is 10.2 Å². The van der Waals surface area contributed by atoms with Crippen LogP contribution in [0.3, 0.4) is 0 Å². The summed E-state index contributed by atoms with van der Waals surface area (Å²) in [5.41, 5.74) is 7.76. The first kappa shape index (κ1) is 29.0. The van der Waals surface area contributed by atoms with Crippen LogP contribution in [0.25, 0.3) is 15.9 Å². The van der Waals surface area contributed by atoms with Crippen molar-refractivity contribution in [2.45, 2.75) is 0 Å². The van der Waals surface area contributed by atoms with Gasteiger partial charge in [0.25, 0.3) is 0 Å². The third-order valence-electron chi connectivity index (χ3n) is 7.05. The number of benzene rings is 4. The summed E-state index contributed by atoms with van der Waals surface area (Å²) in [6.07, 6.45) is 10.3. The molecule has 7 heteroatoms.